The van der Waals surface area contributed by atoms with Gasteiger partial charge in [0.25, 0.3) is 5.92 Å². The smallest absolute Gasteiger partial charge is 0.387 e. The van der Waals surface area contributed by atoms with Gasteiger partial charge in [-0.15, -0.1) is 0 Å². The molecule has 3 aliphatic rings. The Morgan fingerprint density at radius 1 is 1.06 bits per heavy atom. The molecule has 1 amide bonds. The van der Waals surface area contributed by atoms with Gasteiger partial charge in [-0.05, 0) is 73.4 Å². The number of ketones is 1. The van der Waals surface area contributed by atoms with E-state index in [0.29, 0.717) is 46.8 Å². The summed E-state index contributed by atoms with van der Waals surface area (Å²) in [6.07, 6.45) is -3.99. The molecule has 1 aliphatic heterocycles. The summed E-state index contributed by atoms with van der Waals surface area (Å²) in [4.78, 5) is 32.8. The maximum absolute atomic E-state index is 15.5. The molecule has 1 N–H and O–H groups in total. The van der Waals surface area contributed by atoms with Gasteiger partial charge in [-0.25, -0.2) is 22.2 Å². The number of benzene rings is 2. The fourth-order valence-corrected chi connectivity index (χ4v) is 9.91. The first kappa shape index (κ1) is 43.3. The standard InChI is InChI=1S/C42H36ClF7N6O5S/c1-54-38-29(9-10-32(43)36(38)33(52-54)20-62(2,60)61)28-8-6-25(5-7-26-4-3-11-55(26)34(59)19-57)51-37(28)22(12-21-13-23(44)16-24(45)14-21)15-27(58)18-56-40-35(39(53-56)42(48,49)50)30-17-31(30)41(40,46)47/h6,8-10,13-14,16,22,26,30-31,57H,3-4,11-12,15,17-20H2,1-2H3/t22-,26?,30+,31-/m1/s1. The fraction of sp³-hybridized carbons (Fsp3) is 0.405. The lowest BCUT2D eigenvalue weighted by molar-refractivity contribution is -0.142. The highest BCUT2D eigenvalue weighted by molar-refractivity contribution is 7.89. The van der Waals surface area contributed by atoms with Gasteiger partial charge in [0.2, 0.25) is 5.91 Å². The number of fused-ring (bicyclic) bond motifs is 4. The minimum absolute atomic E-state index is 0.0526. The van der Waals surface area contributed by atoms with E-state index in [4.69, 9.17) is 16.6 Å². The number of carbonyl (C=O) groups excluding carboxylic acids is 2. The molecule has 62 heavy (non-hydrogen) atoms. The van der Waals surface area contributed by atoms with Gasteiger partial charge in [0.05, 0.1) is 33.7 Å². The molecule has 4 heterocycles. The summed E-state index contributed by atoms with van der Waals surface area (Å²) < 4.78 is 129. The van der Waals surface area contributed by atoms with Crippen molar-refractivity contribution in [2.45, 2.75) is 74.4 Å². The van der Waals surface area contributed by atoms with Crippen molar-refractivity contribution in [3.63, 3.8) is 0 Å². The van der Waals surface area contributed by atoms with Crippen LogP contribution in [0.3, 0.4) is 0 Å². The molecule has 2 aromatic carbocycles. The number of rotatable bonds is 11. The molecule has 0 bridgehead atoms. The van der Waals surface area contributed by atoms with Gasteiger partial charge in [-0.2, -0.15) is 32.1 Å². The lowest BCUT2D eigenvalue weighted by Gasteiger charge is -2.22. The van der Waals surface area contributed by atoms with Crippen molar-refractivity contribution in [2.24, 2.45) is 13.0 Å². The summed E-state index contributed by atoms with van der Waals surface area (Å²) in [6.45, 7) is -1.35. The van der Waals surface area contributed by atoms with E-state index in [2.05, 4.69) is 22.0 Å². The molecular weight excluding hydrogens is 869 g/mol. The van der Waals surface area contributed by atoms with Crippen molar-refractivity contribution in [3.8, 4) is 23.0 Å². The number of aliphatic hydroxyl groups is 1. The third-order valence-corrected chi connectivity index (χ3v) is 12.6. The molecule has 0 radical (unpaired) electrons. The average Bonchev–Trinajstić information content (AvgIpc) is 3.40. The third-order valence-electron chi connectivity index (χ3n) is 11.5. The van der Waals surface area contributed by atoms with E-state index in [1.165, 1.54) is 21.7 Å². The molecule has 2 aliphatic carbocycles. The number of aromatic nitrogens is 5. The lowest BCUT2D eigenvalue weighted by atomic mass is 9.86. The number of nitrogens with zero attached hydrogens (tertiary/aromatic N) is 6. The van der Waals surface area contributed by atoms with Gasteiger partial charge in [-0.1, -0.05) is 23.6 Å². The summed E-state index contributed by atoms with van der Waals surface area (Å²) in [6, 6.07) is 8.34. The largest absolute Gasteiger partial charge is 0.435 e. The summed E-state index contributed by atoms with van der Waals surface area (Å²) in [5, 5.41) is 17.9. The second kappa shape index (κ2) is 15.8. The Morgan fingerprint density at radius 3 is 2.45 bits per heavy atom. The zero-order valence-electron chi connectivity index (χ0n) is 32.9. The highest BCUT2D eigenvalue weighted by atomic mass is 35.5. The van der Waals surface area contributed by atoms with E-state index in [9.17, 15) is 45.1 Å². The van der Waals surface area contributed by atoms with Gasteiger partial charge in [0.1, 0.15) is 36.2 Å². The Hall–Kier alpha value is -5.32. The Labute approximate surface area is 354 Å². The number of likely N-dealkylation sites (tertiary alicyclic amines) is 1. The number of aliphatic hydroxyl groups excluding tert-OH is 1. The number of aryl methyl sites for hydroxylation is 1. The molecule has 1 saturated heterocycles. The van der Waals surface area contributed by atoms with Gasteiger partial charge >= 0.3 is 6.18 Å². The molecule has 1 saturated carbocycles. The quantitative estimate of drug-likeness (QED) is 0.112. The van der Waals surface area contributed by atoms with Crippen molar-refractivity contribution in [1.29, 1.82) is 0 Å². The molecule has 20 heteroatoms. The Morgan fingerprint density at radius 2 is 1.77 bits per heavy atom. The first-order valence-electron chi connectivity index (χ1n) is 19.4. The van der Waals surface area contributed by atoms with Gasteiger partial charge < -0.3 is 10.0 Å². The molecular formula is C42H36ClF7N6O5S. The minimum atomic E-state index is -5.08. The number of hydrogen-bond donors (Lipinski definition) is 1. The van der Waals surface area contributed by atoms with E-state index in [1.54, 1.807) is 19.2 Å². The number of carbonyl (C=O) groups is 2. The van der Waals surface area contributed by atoms with Crippen LogP contribution in [0.25, 0.3) is 22.0 Å². The minimum Gasteiger partial charge on any atom is -0.387 e. The topological polar surface area (TPSA) is 140 Å². The molecule has 3 aromatic heterocycles. The number of alkyl halides is 5. The predicted octanol–water partition coefficient (Wildman–Crippen LogP) is 6.86. The second-order valence-corrected chi connectivity index (χ2v) is 18.6. The molecule has 5 aromatic rings. The summed E-state index contributed by atoms with van der Waals surface area (Å²) >= 11 is 6.65. The van der Waals surface area contributed by atoms with Crippen molar-refractivity contribution in [1.82, 2.24) is 29.4 Å². The van der Waals surface area contributed by atoms with Crippen LogP contribution >= 0.6 is 11.6 Å². The van der Waals surface area contributed by atoms with Gasteiger partial charge in [-0.3, -0.25) is 19.0 Å². The number of Topliss-reactive ketones (excluding diaryl/α,β-unsaturated/α-hetero) is 1. The molecule has 2 fully saturated rings. The Bertz CT molecular complexity index is 2830. The average molecular weight is 905 g/mol. The number of pyridine rings is 1. The van der Waals surface area contributed by atoms with Crippen LogP contribution in [0.4, 0.5) is 30.7 Å². The summed E-state index contributed by atoms with van der Waals surface area (Å²) in [7, 11) is -2.07. The van der Waals surface area contributed by atoms with E-state index in [1.807, 2.05) is 0 Å². The monoisotopic (exact) mass is 904 g/mol. The Balaban J connectivity index is 1.28. The number of sulfone groups is 1. The van der Waals surface area contributed by atoms with E-state index in [0.717, 1.165) is 18.4 Å². The van der Waals surface area contributed by atoms with Crippen LogP contribution in [0, 0.1) is 29.4 Å². The Kier molecular flexibility index (Phi) is 11.0. The molecule has 8 rings (SSSR count). The van der Waals surface area contributed by atoms with E-state index >= 15 is 8.78 Å². The fourth-order valence-electron chi connectivity index (χ4n) is 8.95. The third kappa shape index (κ3) is 8.19. The highest BCUT2D eigenvalue weighted by Gasteiger charge is 2.68. The first-order chi connectivity index (χ1) is 29.1. The molecule has 4 atom stereocenters. The zero-order chi connectivity index (χ0) is 44.6. The maximum atomic E-state index is 15.5. The number of hydrogen-bond acceptors (Lipinski definition) is 8. The molecule has 0 spiro atoms. The van der Waals surface area contributed by atoms with Gasteiger partial charge in [0.15, 0.2) is 21.3 Å². The van der Waals surface area contributed by atoms with Crippen molar-refractivity contribution in [2.75, 3.05) is 19.4 Å². The predicted molar refractivity (Wildman–Crippen MR) is 211 cm³/mol. The first-order valence-corrected chi connectivity index (χ1v) is 21.9. The molecule has 1 unspecified atom stereocenters. The zero-order valence-corrected chi connectivity index (χ0v) is 34.5. The SMILES string of the molecule is Cn1nc(CS(C)(=O)=O)c2c(Cl)ccc(-c3ccc(C#CC4CCCN4C(=O)CO)nc3[C@@H](CC(=O)Cn3nc(C(F)(F)F)c4c3C(F)(F)[C@@H]3C[C@H]43)Cc3cc(F)cc(F)c3)c21. The van der Waals surface area contributed by atoms with Crippen molar-refractivity contribution < 1.29 is 53.8 Å². The van der Waals surface area contributed by atoms with Crippen molar-refractivity contribution >= 4 is 44.0 Å². The van der Waals surface area contributed by atoms with Gasteiger partial charge in [0, 0.05) is 66.2 Å². The summed E-state index contributed by atoms with van der Waals surface area (Å²) in [5.41, 5.74) is -1.67. The molecule has 11 nitrogen and oxygen atoms in total. The highest BCUT2D eigenvalue weighted by Crippen LogP contribution is 2.68. The van der Waals surface area contributed by atoms with Crippen molar-refractivity contribution in [3.05, 3.63) is 98.7 Å². The van der Waals surface area contributed by atoms with Crippen LogP contribution in [0.15, 0.2) is 42.5 Å². The second-order valence-electron chi connectivity index (χ2n) is 16.0. The van der Waals surface area contributed by atoms with Crippen LogP contribution in [-0.4, -0.2) is 80.1 Å². The number of halogens is 8. The van der Waals surface area contributed by atoms with Crippen LogP contribution in [0.1, 0.15) is 77.1 Å². The maximum Gasteiger partial charge on any atom is 0.435 e. The van der Waals surface area contributed by atoms with Crippen LogP contribution < -0.4 is 0 Å². The molecule has 326 valence electrons. The van der Waals surface area contributed by atoms with E-state index in [-0.39, 0.29) is 45.9 Å². The summed E-state index contributed by atoms with van der Waals surface area (Å²) in [5.74, 6) is -5.02. The van der Waals surface area contributed by atoms with Crippen LogP contribution in [0.2, 0.25) is 5.02 Å². The normalized spacial score (nSPS) is 19.6. The lowest BCUT2D eigenvalue weighted by Crippen LogP contribution is -2.36. The van der Waals surface area contributed by atoms with E-state index < -0.39 is 111 Å². The van der Waals surface area contributed by atoms with Crippen LogP contribution in [0.5, 0.6) is 0 Å². The number of amides is 1. The van der Waals surface area contributed by atoms with Crippen LogP contribution in [-0.2, 0) is 57.3 Å².